The first kappa shape index (κ1) is 51.6. The number of aliphatic hydroxyl groups is 1. The number of pyridine rings is 1. The lowest BCUT2D eigenvalue weighted by Crippen LogP contribution is -2.58. The summed E-state index contributed by atoms with van der Waals surface area (Å²) in [6, 6.07) is 20.8. The third kappa shape index (κ3) is 11.9. The van der Waals surface area contributed by atoms with E-state index in [-0.39, 0.29) is 43.5 Å². The van der Waals surface area contributed by atoms with Gasteiger partial charge in [-0.1, -0.05) is 75.9 Å². The number of carbonyl (C=O) groups excluding carboxylic acids is 4. The molecule has 20 heteroatoms. The summed E-state index contributed by atoms with van der Waals surface area (Å²) >= 11 is 5.64. The van der Waals surface area contributed by atoms with Gasteiger partial charge in [0.2, 0.25) is 17.7 Å². The van der Waals surface area contributed by atoms with Crippen molar-refractivity contribution in [3.05, 3.63) is 120 Å². The van der Waals surface area contributed by atoms with E-state index >= 15 is 0 Å². The number of thiocarbonyl (C=S) groups is 1. The molecule has 2 fully saturated rings. The predicted molar refractivity (Wildman–Crippen MR) is 261 cm³/mol. The van der Waals surface area contributed by atoms with E-state index in [9.17, 15) is 37.5 Å². The van der Waals surface area contributed by atoms with Crippen molar-refractivity contribution < 1.29 is 51.3 Å². The zero-order valence-corrected chi connectivity index (χ0v) is 40.5. The molecule has 16 nitrogen and oxygen atoms in total. The largest absolute Gasteiger partial charge is 0.494 e. The van der Waals surface area contributed by atoms with Crippen molar-refractivity contribution in [1.29, 1.82) is 0 Å². The van der Waals surface area contributed by atoms with Gasteiger partial charge in [-0.3, -0.25) is 24.1 Å². The Morgan fingerprint density at radius 3 is 2.23 bits per heavy atom. The monoisotopic (exact) mass is 994 g/mol. The number of nitrogens with one attached hydrogen (secondary N) is 2. The van der Waals surface area contributed by atoms with Gasteiger partial charge in [-0.05, 0) is 91.3 Å². The number of amides is 4. The first-order valence-corrected chi connectivity index (χ1v) is 23.2. The number of rotatable bonds is 17. The van der Waals surface area contributed by atoms with E-state index in [2.05, 4.69) is 25.4 Å². The van der Waals surface area contributed by atoms with Gasteiger partial charge in [0.1, 0.15) is 36.2 Å². The highest BCUT2D eigenvalue weighted by atomic mass is 32.1. The Bertz CT molecular complexity index is 2780. The van der Waals surface area contributed by atoms with E-state index in [1.54, 1.807) is 37.1 Å². The second-order valence-corrected chi connectivity index (χ2v) is 19.1. The number of nitrogens with zero attached hydrogens (tertiary/aromatic N) is 6. The van der Waals surface area contributed by atoms with Crippen molar-refractivity contribution in [2.75, 3.05) is 36.2 Å². The molecule has 0 unspecified atom stereocenters. The normalized spacial score (nSPS) is 17.3. The van der Waals surface area contributed by atoms with Crippen molar-refractivity contribution in [2.24, 2.45) is 5.41 Å². The molecule has 0 radical (unpaired) electrons. The van der Waals surface area contributed by atoms with Gasteiger partial charge >= 0.3 is 6.18 Å². The minimum Gasteiger partial charge on any atom is -0.494 e. The van der Waals surface area contributed by atoms with Gasteiger partial charge in [-0.25, -0.2) is 4.98 Å². The molecule has 372 valence electrons. The number of oxazole rings is 1. The van der Waals surface area contributed by atoms with Crippen LogP contribution in [0.2, 0.25) is 0 Å². The van der Waals surface area contributed by atoms with Gasteiger partial charge in [-0.15, -0.1) is 4.98 Å². The van der Waals surface area contributed by atoms with Gasteiger partial charge in [0.15, 0.2) is 17.3 Å². The fraction of sp³-hybridized carbons (Fsp3) is 0.373. The first-order valence-electron chi connectivity index (χ1n) is 22.7. The first-order chi connectivity index (χ1) is 33.7. The fourth-order valence-corrected chi connectivity index (χ4v) is 8.83. The van der Waals surface area contributed by atoms with E-state index in [0.29, 0.717) is 42.7 Å². The summed E-state index contributed by atoms with van der Waals surface area (Å²) in [5.74, 6) is -1.50. The molecule has 4 amide bonds. The average molecular weight is 995 g/mol. The molecule has 0 saturated carbocycles. The van der Waals surface area contributed by atoms with Gasteiger partial charge in [0.05, 0.1) is 30.2 Å². The zero-order chi connectivity index (χ0) is 51.3. The number of ether oxygens (including phenoxy) is 2. The van der Waals surface area contributed by atoms with Crippen LogP contribution in [0.25, 0.3) is 27.3 Å². The Kier molecular flexibility index (Phi) is 15.6. The smallest absolute Gasteiger partial charge is 0.409 e. The number of likely N-dealkylation sites (tertiary alicyclic amines) is 1. The van der Waals surface area contributed by atoms with E-state index in [1.807, 2.05) is 81.4 Å². The topological polar surface area (TPSA) is 184 Å². The standard InChI is InChI=1S/C51H53F3N8O8S/c1-49(2,3)43(46(66)60-28-37(63)24-40(60)45(65)58-25-31-9-11-34(12-10-31)41-27-56-30-70-41)59-42(64)29-68-21-7-8-22-69-38-19-15-33(16-20-38)32-13-17-35(18-14-32)62-48(71)61(47(67)50(62,4)5)36-23-39(51(52,53)54)44(55-6)57-26-36/h9-20,23,26-27,30,37,40,43,63H,7-8,21-22,24-25,28-29H2,1-5H3,(H,58,65)(H,59,64)/t37-,40+,43-/m1/s1. The number of unbranched alkanes of at least 4 members (excludes halogenated alkanes) is 1. The molecule has 2 aliphatic heterocycles. The molecular formula is C51H53F3N8O8S. The highest BCUT2D eigenvalue weighted by molar-refractivity contribution is 7.81. The van der Waals surface area contributed by atoms with Gasteiger partial charge in [-0.2, -0.15) is 13.2 Å². The van der Waals surface area contributed by atoms with E-state index in [4.69, 9.17) is 32.7 Å². The van der Waals surface area contributed by atoms with Crippen molar-refractivity contribution in [3.63, 3.8) is 0 Å². The Morgan fingerprint density at radius 1 is 0.958 bits per heavy atom. The Hall–Kier alpha value is -7.21. The summed E-state index contributed by atoms with van der Waals surface area (Å²) in [6.07, 6.45) is -0.491. The molecule has 71 heavy (non-hydrogen) atoms. The minimum atomic E-state index is -4.86. The lowest BCUT2D eigenvalue weighted by atomic mass is 9.85. The molecule has 3 aromatic carbocycles. The molecule has 0 bridgehead atoms. The molecule has 5 aromatic rings. The third-order valence-electron chi connectivity index (χ3n) is 12.1. The number of aliphatic hydroxyl groups excluding tert-OH is 1. The van der Waals surface area contributed by atoms with E-state index < -0.39 is 70.3 Å². The van der Waals surface area contributed by atoms with Crippen LogP contribution in [0, 0.1) is 12.0 Å². The van der Waals surface area contributed by atoms with Crippen LogP contribution in [0.1, 0.15) is 65.0 Å². The molecular weight excluding hydrogens is 942 g/mol. The zero-order valence-electron chi connectivity index (χ0n) is 39.7. The Labute approximate surface area is 414 Å². The number of carbonyl (C=O) groups is 4. The van der Waals surface area contributed by atoms with Gasteiger partial charge < -0.3 is 44.3 Å². The maximum Gasteiger partial charge on any atom is 0.409 e. The molecule has 3 N–H and O–H groups in total. The second-order valence-electron chi connectivity index (χ2n) is 18.7. The number of hydrogen-bond acceptors (Lipinski definition) is 11. The summed E-state index contributed by atoms with van der Waals surface area (Å²) < 4.78 is 58.1. The number of aromatic nitrogens is 2. The average Bonchev–Trinajstić information content (AvgIpc) is 4.06. The van der Waals surface area contributed by atoms with Crippen molar-refractivity contribution in [2.45, 2.75) is 90.3 Å². The molecule has 0 aliphatic carbocycles. The SMILES string of the molecule is [C-]#[N+]c1ncc(N2C(=O)C(C)(C)N(c3ccc(-c4ccc(OCCCCOCC(=O)N[C@H](C(=O)N5C[C@H](O)C[C@H]5C(=O)NCc5ccc(-c6cnco6)cc5)C(C)(C)C)cc4)cc3)C2=S)cc1C(F)(F)F. The summed E-state index contributed by atoms with van der Waals surface area (Å²) in [5.41, 5.74) is 0.502. The van der Waals surface area contributed by atoms with Crippen LogP contribution in [0.3, 0.4) is 0 Å². The number of halogens is 3. The van der Waals surface area contributed by atoms with Gasteiger partial charge in [0, 0.05) is 37.4 Å². The predicted octanol–water partition coefficient (Wildman–Crippen LogP) is 7.87. The Balaban J connectivity index is 0.841. The Morgan fingerprint density at radius 2 is 1.61 bits per heavy atom. The molecule has 2 aromatic heterocycles. The van der Waals surface area contributed by atoms with Crippen LogP contribution < -0.4 is 25.2 Å². The number of β-amino-alcohol motifs (C(OH)–C–C–N with tert-alkyl or cyclic N) is 1. The number of alkyl halides is 3. The van der Waals surface area contributed by atoms with Crippen LogP contribution in [-0.4, -0.2) is 98.8 Å². The van der Waals surface area contributed by atoms with Crippen molar-refractivity contribution >= 4 is 58.2 Å². The molecule has 4 heterocycles. The molecule has 3 atom stereocenters. The van der Waals surface area contributed by atoms with E-state index in [1.165, 1.54) is 11.3 Å². The van der Waals surface area contributed by atoms with Crippen molar-refractivity contribution in [3.8, 4) is 28.2 Å². The van der Waals surface area contributed by atoms with Crippen LogP contribution in [0.4, 0.5) is 30.4 Å². The number of benzene rings is 3. The summed E-state index contributed by atoms with van der Waals surface area (Å²) in [5, 5.41) is 16.2. The maximum absolute atomic E-state index is 14.0. The number of anilines is 2. The van der Waals surface area contributed by atoms with Crippen LogP contribution >= 0.6 is 12.2 Å². The van der Waals surface area contributed by atoms with Crippen LogP contribution in [0.5, 0.6) is 5.75 Å². The highest BCUT2D eigenvalue weighted by Crippen LogP contribution is 2.41. The molecule has 7 rings (SSSR count). The van der Waals surface area contributed by atoms with Gasteiger partial charge in [0.25, 0.3) is 11.7 Å². The summed E-state index contributed by atoms with van der Waals surface area (Å²) in [7, 11) is 0. The van der Waals surface area contributed by atoms with E-state index in [0.717, 1.165) is 33.4 Å². The summed E-state index contributed by atoms with van der Waals surface area (Å²) in [4.78, 5) is 68.4. The number of hydrogen-bond donors (Lipinski definition) is 3. The lowest BCUT2D eigenvalue weighted by Gasteiger charge is -2.35. The van der Waals surface area contributed by atoms with Crippen LogP contribution in [-0.2, 0) is 36.6 Å². The molecule has 2 aliphatic rings. The lowest BCUT2D eigenvalue weighted by molar-refractivity contribution is -0.144. The molecule has 0 spiro atoms. The third-order valence-corrected chi connectivity index (χ3v) is 12.5. The fourth-order valence-electron chi connectivity index (χ4n) is 8.31. The molecule has 2 saturated heterocycles. The highest BCUT2D eigenvalue weighted by Gasteiger charge is 2.51. The van der Waals surface area contributed by atoms with Crippen molar-refractivity contribution in [1.82, 2.24) is 25.5 Å². The summed E-state index contributed by atoms with van der Waals surface area (Å²) in [6.45, 7) is 16.3. The quantitative estimate of drug-likeness (QED) is 0.0466. The second kappa shape index (κ2) is 21.4. The minimum absolute atomic E-state index is 0.0333. The maximum atomic E-state index is 14.0. The van der Waals surface area contributed by atoms with Crippen LogP contribution in [0.15, 0.2) is 102 Å².